The van der Waals surface area contributed by atoms with Gasteiger partial charge in [-0.1, -0.05) is 60.9 Å². The summed E-state index contributed by atoms with van der Waals surface area (Å²) in [6.45, 7) is 5.87. The molecule has 1 radical (unpaired) electrons. The molecule has 2 N–H and O–H groups in total. The third-order valence-electron chi connectivity index (χ3n) is 4.18. The molecule has 2 heteroatoms. The fourth-order valence-electron chi connectivity index (χ4n) is 3.01. The molecule has 1 amide bonds. The van der Waals surface area contributed by atoms with Gasteiger partial charge in [-0.15, -0.1) is 0 Å². The number of primary amides is 1. The molecule has 1 aromatic carbocycles. The number of hydrogen-bond donors (Lipinski definition) is 1. The van der Waals surface area contributed by atoms with Gasteiger partial charge >= 0.3 is 0 Å². The number of benzene rings is 1. The summed E-state index contributed by atoms with van der Waals surface area (Å²) in [4.78, 5) is 11.5. The van der Waals surface area contributed by atoms with E-state index in [0.29, 0.717) is 5.92 Å². The van der Waals surface area contributed by atoms with Crippen LogP contribution in [0.15, 0.2) is 71.9 Å². The number of hydrogen-bond acceptors (Lipinski definition) is 1. The largest absolute Gasteiger partial charge is 0.369 e. The predicted molar refractivity (Wildman–Crippen MR) is 95.3 cm³/mol. The van der Waals surface area contributed by atoms with E-state index in [-0.39, 0.29) is 13.3 Å². The van der Waals surface area contributed by atoms with E-state index >= 15 is 0 Å². The number of allylic oxidation sites excluding steroid dienone is 5. The molecule has 1 unspecified atom stereocenters. The molecule has 1 aromatic rings. The fraction of sp³-hybridized carbons (Fsp3) is 0.143. The molecular formula is C21H20NO. The molecule has 2 aliphatic rings. The minimum atomic E-state index is -0.355. The monoisotopic (exact) mass is 302 g/mol. The van der Waals surface area contributed by atoms with E-state index in [0.717, 1.165) is 34.3 Å². The smallest absolute Gasteiger partial charge is 0.233 e. The van der Waals surface area contributed by atoms with E-state index < -0.39 is 0 Å². The first-order chi connectivity index (χ1) is 11.2. The Morgan fingerprint density at radius 2 is 2.17 bits per heavy atom. The molecule has 115 valence electrons. The van der Waals surface area contributed by atoms with Gasteiger partial charge in [-0.3, -0.25) is 4.79 Å². The maximum absolute atomic E-state index is 11.5. The van der Waals surface area contributed by atoms with Gasteiger partial charge in [-0.05, 0) is 36.1 Å². The Hall–Kier alpha value is -2.79. The summed E-state index contributed by atoms with van der Waals surface area (Å²) >= 11 is 0. The van der Waals surface area contributed by atoms with Gasteiger partial charge in [0.2, 0.25) is 5.91 Å². The third-order valence-corrected chi connectivity index (χ3v) is 4.18. The predicted octanol–water partition coefficient (Wildman–Crippen LogP) is 3.83. The minimum Gasteiger partial charge on any atom is -0.369 e. The molecule has 0 saturated heterocycles. The van der Waals surface area contributed by atoms with Crippen LogP contribution in [0.1, 0.15) is 31.8 Å². The van der Waals surface area contributed by atoms with E-state index in [1.165, 1.54) is 0 Å². The Balaban J connectivity index is 0.00000208. The molecule has 3 rings (SSSR count). The van der Waals surface area contributed by atoms with Gasteiger partial charge in [0.25, 0.3) is 0 Å². The van der Waals surface area contributed by atoms with E-state index in [2.05, 4.69) is 30.6 Å². The van der Waals surface area contributed by atoms with Crippen molar-refractivity contribution < 1.29 is 6.22 Å². The molecule has 2 nitrogen and oxygen atoms in total. The van der Waals surface area contributed by atoms with Crippen LogP contribution in [0.25, 0.3) is 0 Å². The highest BCUT2D eigenvalue weighted by Gasteiger charge is 2.38. The molecule has 1 atom stereocenters. The van der Waals surface area contributed by atoms with Gasteiger partial charge in [-0.2, -0.15) is 0 Å². The van der Waals surface area contributed by atoms with Gasteiger partial charge in [0.15, 0.2) is 0 Å². The molecule has 0 fully saturated rings. The van der Waals surface area contributed by atoms with Crippen LogP contribution in [0, 0.1) is 17.8 Å². The summed E-state index contributed by atoms with van der Waals surface area (Å²) in [5, 5.41) is 0. The molecule has 0 heterocycles. The van der Waals surface area contributed by atoms with Crippen molar-refractivity contribution in [2.75, 3.05) is 0 Å². The van der Waals surface area contributed by atoms with E-state index in [1.807, 2.05) is 37.3 Å². The number of nitrogens with two attached hydrogens (primary N) is 1. The average Bonchev–Trinajstić information content (AvgIpc) is 3.32. The molecule has 0 aliphatic heterocycles. The van der Waals surface area contributed by atoms with E-state index in [4.69, 9.17) is 5.73 Å². The zero-order valence-corrected chi connectivity index (χ0v) is 13.1. The first-order valence-electron chi connectivity index (χ1n) is 7.63. The lowest BCUT2D eigenvalue weighted by Gasteiger charge is -2.20. The summed E-state index contributed by atoms with van der Waals surface area (Å²) in [6.07, 6.45) is 8.54. The standard InChI is InChI=1S/C21H18NO.H2/c1-3-7-16-12-18(19-13-20(19)21(22)23)17-9-6-5-8-15(17)11-10-14(16)4-2;/h3-9,13,18H,2,12H2,1H3,(H2,22,23);1H/b7-3-,16-14-;. The number of carbonyl (C=O) groups is 1. The van der Waals surface area contributed by atoms with Crippen LogP contribution in [-0.2, 0) is 4.79 Å². The highest BCUT2D eigenvalue weighted by atomic mass is 16.1. The zero-order chi connectivity index (χ0) is 16.4. The van der Waals surface area contributed by atoms with Crippen molar-refractivity contribution >= 4 is 5.91 Å². The highest BCUT2D eigenvalue weighted by Crippen LogP contribution is 2.47. The summed E-state index contributed by atoms with van der Waals surface area (Å²) in [5.41, 5.74) is 10.7. The van der Waals surface area contributed by atoms with Crippen molar-refractivity contribution in [2.45, 2.75) is 19.3 Å². The zero-order valence-electron chi connectivity index (χ0n) is 13.1. The number of rotatable bonds is 4. The van der Waals surface area contributed by atoms with E-state index in [9.17, 15) is 4.79 Å². The molecule has 0 bridgehead atoms. The molecule has 2 aliphatic carbocycles. The first-order valence-corrected chi connectivity index (χ1v) is 7.63. The second kappa shape index (κ2) is 6.14. The third kappa shape index (κ3) is 2.91. The van der Waals surface area contributed by atoms with Crippen molar-refractivity contribution in [3.05, 3.63) is 88.9 Å². The van der Waals surface area contributed by atoms with Crippen LogP contribution >= 0.6 is 0 Å². The summed E-state index contributed by atoms with van der Waals surface area (Å²) in [5.74, 6) is 6.86. The Bertz CT molecular complexity index is 833. The molecular weight excluding hydrogens is 282 g/mol. The van der Waals surface area contributed by atoms with Gasteiger partial charge in [0, 0.05) is 18.5 Å². The van der Waals surface area contributed by atoms with Crippen LogP contribution < -0.4 is 5.73 Å². The number of fused-ring (bicyclic) bond motifs is 1. The Morgan fingerprint density at radius 3 is 2.83 bits per heavy atom. The van der Waals surface area contributed by atoms with Gasteiger partial charge < -0.3 is 5.73 Å². The lowest BCUT2D eigenvalue weighted by Crippen LogP contribution is -2.15. The Kier molecular flexibility index (Phi) is 4.04. The highest BCUT2D eigenvalue weighted by molar-refractivity contribution is 6.02. The second-order valence-electron chi connectivity index (χ2n) is 5.61. The molecule has 23 heavy (non-hydrogen) atoms. The SMILES string of the molecule is C=C/C1=C(\C=C/C)CC(C2=C[C]2C(N)=O)c2ccccc2C#C1.[HH]. The summed E-state index contributed by atoms with van der Waals surface area (Å²) < 4.78 is 0. The average molecular weight is 302 g/mol. The molecule has 0 spiro atoms. The lowest BCUT2D eigenvalue weighted by molar-refractivity contribution is -0.115. The maximum atomic E-state index is 11.5. The Labute approximate surface area is 138 Å². The van der Waals surface area contributed by atoms with Gasteiger partial charge in [0.05, 0.1) is 0 Å². The van der Waals surface area contributed by atoms with Gasteiger partial charge in [0.1, 0.15) is 5.92 Å². The Morgan fingerprint density at radius 1 is 1.39 bits per heavy atom. The van der Waals surface area contributed by atoms with Crippen LogP contribution in [0.2, 0.25) is 0 Å². The van der Waals surface area contributed by atoms with Crippen LogP contribution in [0.5, 0.6) is 0 Å². The maximum Gasteiger partial charge on any atom is 0.233 e. The summed E-state index contributed by atoms with van der Waals surface area (Å²) in [7, 11) is 0. The van der Waals surface area contributed by atoms with Crippen LogP contribution in [0.3, 0.4) is 0 Å². The van der Waals surface area contributed by atoms with Crippen molar-refractivity contribution in [2.24, 2.45) is 5.73 Å². The molecule has 0 aromatic heterocycles. The van der Waals surface area contributed by atoms with Crippen LogP contribution in [-0.4, -0.2) is 5.91 Å². The van der Waals surface area contributed by atoms with Crippen LogP contribution in [0.4, 0.5) is 0 Å². The fourth-order valence-corrected chi connectivity index (χ4v) is 3.01. The topological polar surface area (TPSA) is 43.1 Å². The molecule has 0 saturated carbocycles. The normalized spacial score (nSPS) is 23.2. The van der Waals surface area contributed by atoms with Crippen molar-refractivity contribution in [1.82, 2.24) is 0 Å². The van der Waals surface area contributed by atoms with Gasteiger partial charge in [-0.25, -0.2) is 0 Å². The van der Waals surface area contributed by atoms with Crippen molar-refractivity contribution in [1.29, 1.82) is 0 Å². The van der Waals surface area contributed by atoms with Crippen molar-refractivity contribution in [3.8, 4) is 11.8 Å². The number of carbonyl (C=O) groups excluding carboxylic acids is 1. The number of amides is 1. The second-order valence-corrected chi connectivity index (χ2v) is 5.61. The minimum absolute atomic E-state index is 0. The first kappa shape index (κ1) is 15.1. The van der Waals surface area contributed by atoms with Crippen molar-refractivity contribution in [3.63, 3.8) is 0 Å². The van der Waals surface area contributed by atoms with E-state index in [1.54, 1.807) is 6.08 Å². The lowest BCUT2D eigenvalue weighted by atomic mass is 9.82. The quantitative estimate of drug-likeness (QED) is 0.844. The summed E-state index contributed by atoms with van der Waals surface area (Å²) in [6, 6.07) is 8.09.